The highest BCUT2D eigenvalue weighted by Crippen LogP contribution is 2.34. The van der Waals surface area contributed by atoms with E-state index in [1.54, 1.807) is 0 Å². The van der Waals surface area contributed by atoms with Crippen LogP contribution in [0, 0.1) is 5.92 Å². The zero-order valence-electron chi connectivity index (χ0n) is 13.1. The van der Waals surface area contributed by atoms with Crippen molar-refractivity contribution in [2.24, 2.45) is 5.92 Å². The lowest BCUT2D eigenvalue weighted by Crippen LogP contribution is -2.56. The molecule has 1 N–H and O–H groups in total. The summed E-state index contributed by atoms with van der Waals surface area (Å²) in [5, 5.41) is 3.03. The molecule has 1 aliphatic carbocycles. The van der Waals surface area contributed by atoms with Gasteiger partial charge in [-0.25, -0.2) is 0 Å². The molecule has 2 aliphatic rings. The van der Waals surface area contributed by atoms with E-state index in [1.807, 2.05) is 11.8 Å². The van der Waals surface area contributed by atoms with E-state index < -0.39 is 5.54 Å². The minimum Gasteiger partial charge on any atom is -0.342 e. The summed E-state index contributed by atoms with van der Waals surface area (Å²) in [5.41, 5.74) is -0.584. The topological polar surface area (TPSA) is 49.4 Å². The molecule has 0 aromatic rings. The first kappa shape index (κ1) is 15.3. The first-order chi connectivity index (χ1) is 9.44. The van der Waals surface area contributed by atoms with E-state index in [4.69, 9.17) is 0 Å². The van der Waals surface area contributed by atoms with Gasteiger partial charge in [0, 0.05) is 19.0 Å². The maximum Gasteiger partial charge on any atom is 0.248 e. The van der Waals surface area contributed by atoms with Crippen LogP contribution in [0.15, 0.2) is 0 Å². The normalized spacial score (nSPS) is 26.2. The molecular formula is C16H28N2O2. The number of amides is 2. The monoisotopic (exact) mass is 280 g/mol. The second-order valence-corrected chi connectivity index (χ2v) is 6.93. The van der Waals surface area contributed by atoms with Gasteiger partial charge in [-0.05, 0) is 38.5 Å². The number of carbonyl (C=O) groups excluding carboxylic acids is 2. The molecule has 2 amide bonds. The number of hydrogen-bond donors (Lipinski definition) is 1. The van der Waals surface area contributed by atoms with Crippen molar-refractivity contribution in [1.82, 2.24) is 10.2 Å². The van der Waals surface area contributed by atoms with Gasteiger partial charge in [0.25, 0.3) is 0 Å². The lowest BCUT2D eigenvalue weighted by molar-refractivity contribution is -0.140. The number of hydrogen-bond acceptors (Lipinski definition) is 2. The van der Waals surface area contributed by atoms with Crippen molar-refractivity contribution in [2.75, 3.05) is 6.54 Å². The van der Waals surface area contributed by atoms with Crippen LogP contribution in [-0.4, -0.2) is 34.8 Å². The first-order valence-corrected chi connectivity index (χ1v) is 8.07. The second-order valence-electron chi connectivity index (χ2n) is 6.93. The van der Waals surface area contributed by atoms with Crippen LogP contribution in [0.1, 0.15) is 65.7 Å². The maximum absolute atomic E-state index is 12.9. The molecule has 4 nitrogen and oxygen atoms in total. The summed E-state index contributed by atoms with van der Waals surface area (Å²) >= 11 is 0. The Labute approximate surface area is 122 Å². The van der Waals surface area contributed by atoms with E-state index in [2.05, 4.69) is 19.2 Å². The van der Waals surface area contributed by atoms with Crippen LogP contribution >= 0.6 is 0 Å². The van der Waals surface area contributed by atoms with E-state index >= 15 is 0 Å². The van der Waals surface area contributed by atoms with Crippen LogP contribution in [0.5, 0.6) is 0 Å². The number of nitrogens with zero attached hydrogens (tertiary/aromatic N) is 1. The minimum absolute atomic E-state index is 0.0228. The Morgan fingerprint density at radius 3 is 2.55 bits per heavy atom. The molecule has 2 rings (SSSR count). The molecule has 1 heterocycles. The summed E-state index contributed by atoms with van der Waals surface area (Å²) < 4.78 is 0. The molecular weight excluding hydrogens is 252 g/mol. The van der Waals surface area contributed by atoms with Crippen LogP contribution in [-0.2, 0) is 9.59 Å². The van der Waals surface area contributed by atoms with Crippen molar-refractivity contribution in [1.29, 1.82) is 0 Å². The van der Waals surface area contributed by atoms with Crippen molar-refractivity contribution < 1.29 is 9.59 Å². The van der Waals surface area contributed by atoms with Gasteiger partial charge in [0.1, 0.15) is 5.54 Å². The highest BCUT2D eigenvalue weighted by molar-refractivity contribution is 5.94. The summed E-state index contributed by atoms with van der Waals surface area (Å²) in [5.74, 6) is 0.865. The van der Waals surface area contributed by atoms with Crippen molar-refractivity contribution in [3.05, 3.63) is 0 Å². The van der Waals surface area contributed by atoms with Crippen molar-refractivity contribution in [2.45, 2.75) is 77.3 Å². The van der Waals surface area contributed by atoms with Crippen LogP contribution in [0.25, 0.3) is 0 Å². The highest BCUT2D eigenvalue weighted by Gasteiger charge is 2.47. The largest absolute Gasteiger partial charge is 0.342 e. The molecule has 4 heteroatoms. The maximum atomic E-state index is 12.9. The van der Waals surface area contributed by atoms with Crippen LogP contribution < -0.4 is 5.32 Å². The van der Waals surface area contributed by atoms with Gasteiger partial charge < -0.3 is 10.2 Å². The molecule has 1 aliphatic heterocycles. The quantitative estimate of drug-likeness (QED) is 0.860. The van der Waals surface area contributed by atoms with E-state index in [-0.39, 0.29) is 17.9 Å². The Morgan fingerprint density at radius 1 is 1.30 bits per heavy atom. The molecule has 20 heavy (non-hydrogen) atoms. The number of carbonyl (C=O) groups is 2. The Kier molecular flexibility index (Phi) is 4.71. The van der Waals surface area contributed by atoms with Crippen molar-refractivity contribution in [3.8, 4) is 0 Å². The highest BCUT2D eigenvalue weighted by atomic mass is 16.2. The predicted octanol–water partition coefficient (Wildman–Crippen LogP) is 2.47. The Bertz CT molecular complexity index is 373. The van der Waals surface area contributed by atoms with Gasteiger partial charge in [-0.1, -0.05) is 26.7 Å². The summed E-state index contributed by atoms with van der Waals surface area (Å²) in [4.78, 5) is 26.9. The molecule has 1 spiro atoms. The molecule has 1 unspecified atom stereocenters. The third-order valence-corrected chi connectivity index (χ3v) is 4.70. The molecule has 1 saturated carbocycles. The Hall–Kier alpha value is -1.06. The average Bonchev–Trinajstić information content (AvgIpc) is 2.79. The molecule has 0 radical (unpaired) electrons. The molecule has 0 aromatic heterocycles. The van der Waals surface area contributed by atoms with E-state index in [0.717, 1.165) is 45.1 Å². The molecule has 114 valence electrons. The fraction of sp³-hybridized carbons (Fsp3) is 0.875. The Morgan fingerprint density at radius 2 is 1.95 bits per heavy atom. The van der Waals surface area contributed by atoms with E-state index in [1.165, 1.54) is 0 Å². The zero-order valence-corrected chi connectivity index (χ0v) is 13.1. The lowest BCUT2D eigenvalue weighted by atomic mass is 9.95. The van der Waals surface area contributed by atoms with Gasteiger partial charge in [0.2, 0.25) is 11.8 Å². The molecule has 2 fully saturated rings. The molecule has 0 bridgehead atoms. The first-order valence-electron chi connectivity index (χ1n) is 8.07. The number of nitrogens with one attached hydrogen (secondary N) is 1. The standard InChI is InChI=1S/C16H28N2O2/c1-12(2)7-6-10-18-13(3)11-14(19)17-16(15(18)20)8-4-5-9-16/h12-13H,4-11H2,1-3H3,(H,17,19). The molecule has 1 atom stereocenters. The Balaban J connectivity index is 2.11. The third-order valence-electron chi connectivity index (χ3n) is 4.70. The molecule has 0 aromatic carbocycles. The second kappa shape index (κ2) is 6.15. The average molecular weight is 280 g/mol. The fourth-order valence-corrected chi connectivity index (χ4v) is 3.53. The van der Waals surface area contributed by atoms with Crippen molar-refractivity contribution >= 4 is 11.8 Å². The predicted molar refractivity (Wildman–Crippen MR) is 79.2 cm³/mol. The third kappa shape index (κ3) is 3.15. The van der Waals surface area contributed by atoms with Crippen LogP contribution in [0.2, 0.25) is 0 Å². The summed E-state index contributed by atoms with van der Waals surface area (Å²) in [6.07, 6.45) is 6.30. The summed E-state index contributed by atoms with van der Waals surface area (Å²) in [6.45, 7) is 7.20. The summed E-state index contributed by atoms with van der Waals surface area (Å²) in [6, 6.07) is 0.0228. The zero-order chi connectivity index (χ0) is 14.8. The fourth-order valence-electron chi connectivity index (χ4n) is 3.53. The van der Waals surface area contributed by atoms with Crippen molar-refractivity contribution in [3.63, 3.8) is 0 Å². The van der Waals surface area contributed by atoms with Gasteiger partial charge in [0.15, 0.2) is 0 Å². The lowest BCUT2D eigenvalue weighted by Gasteiger charge is -2.34. The van der Waals surface area contributed by atoms with E-state index in [0.29, 0.717) is 12.3 Å². The van der Waals surface area contributed by atoms with Gasteiger partial charge in [-0.15, -0.1) is 0 Å². The molecule has 1 saturated heterocycles. The summed E-state index contributed by atoms with van der Waals surface area (Å²) in [7, 11) is 0. The van der Waals surface area contributed by atoms with Gasteiger partial charge in [0.05, 0.1) is 0 Å². The van der Waals surface area contributed by atoms with Gasteiger partial charge >= 0.3 is 0 Å². The van der Waals surface area contributed by atoms with Crippen LogP contribution in [0.4, 0.5) is 0 Å². The SMILES string of the molecule is CC(C)CCCN1C(=O)C2(CCCC2)NC(=O)CC1C. The smallest absolute Gasteiger partial charge is 0.248 e. The van der Waals surface area contributed by atoms with Gasteiger partial charge in [-0.2, -0.15) is 0 Å². The number of rotatable bonds is 4. The minimum atomic E-state index is -0.584. The van der Waals surface area contributed by atoms with Crippen LogP contribution in [0.3, 0.4) is 0 Å². The van der Waals surface area contributed by atoms with Gasteiger partial charge in [-0.3, -0.25) is 9.59 Å². The van der Waals surface area contributed by atoms with E-state index in [9.17, 15) is 9.59 Å².